The third-order valence-electron chi connectivity index (χ3n) is 3.35. The highest BCUT2D eigenvalue weighted by Crippen LogP contribution is 2.27. The molecule has 0 fully saturated rings. The summed E-state index contributed by atoms with van der Waals surface area (Å²) < 4.78 is 10.8. The first-order chi connectivity index (χ1) is 10.2. The molecule has 1 amide bonds. The van der Waals surface area contributed by atoms with E-state index in [0.717, 1.165) is 23.4 Å². The monoisotopic (exact) mass is 284 g/mol. The third-order valence-corrected chi connectivity index (χ3v) is 3.35. The zero-order valence-corrected chi connectivity index (χ0v) is 11.8. The zero-order valence-electron chi connectivity index (χ0n) is 11.8. The molecule has 1 aliphatic rings. The molecule has 0 saturated carbocycles. The number of amides is 1. The van der Waals surface area contributed by atoms with Crippen molar-refractivity contribution in [2.24, 2.45) is 0 Å². The van der Waals surface area contributed by atoms with Crippen LogP contribution in [-0.2, 0) is 17.8 Å². The fourth-order valence-corrected chi connectivity index (χ4v) is 2.25. The van der Waals surface area contributed by atoms with Gasteiger partial charge in [0.15, 0.2) is 0 Å². The van der Waals surface area contributed by atoms with Crippen LogP contribution in [0.3, 0.4) is 0 Å². The molecule has 1 aromatic carbocycles. The standard InChI is InChI=1S/C16H16N2O3/c1-20-16-4-2-3-12(17-16)10-21-13-7-5-11-6-8-15(19)18-14(11)9-13/h2-5,7,9H,6,8,10H2,1H3,(H,18,19). The molecule has 5 heteroatoms. The Hall–Kier alpha value is -2.56. The molecular weight excluding hydrogens is 268 g/mol. The normalized spacial score (nSPS) is 13.3. The van der Waals surface area contributed by atoms with Crippen LogP contribution in [0.2, 0.25) is 0 Å². The van der Waals surface area contributed by atoms with Gasteiger partial charge in [-0.3, -0.25) is 4.79 Å². The first-order valence-corrected chi connectivity index (χ1v) is 6.80. The van der Waals surface area contributed by atoms with Gasteiger partial charge < -0.3 is 14.8 Å². The lowest BCUT2D eigenvalue weighted by Gasteiger charge is -2.17. The summed E-state index contributed by atoms with van der Waals surface area (Å²) in [5.74, 6) is 1.32. The topological polar surface area (TPSA) is 60.5 Å². The van der Waals surface area contributed by atoms with Crippen molar-refractivity contribution in [3.8, 4) is 11.6 Å². The first kappa shape index (κ1) is 13.4. The maximum atomic E-state index is 11.4. The van der Waals surface area contributed by atoms with Crippen LogP contribution in [0, 0.1) is 0 Å². The average Bonchev–Trinajstić information content (AvgIpc) is 2.52. The van der Waals surface area contributed by atoms with E-state index in [1.165, 1.54) is 0 Å². The fraction of sp³-hybridized carbons (Fsp3) is 0.250. The van der Waals surface area contributed by atoms with Crippen LogP contribution in [0.4, 0.5) is 5.69 Å². The minimum atomic E-state index is 0.0501. The van der Waals surface area contributed by atoms with Crippen LogP contribution in [0.5, 0.6) is 11.6 Å². The van der Waals surface area contributed by atoms with Gasteiger partial charge in [-0.15, -0.1) is 0 Å². The maximum Gasteiger partial charge on any atom is 0.224 e. The summed E-state index contributed by atoms with van der Waals surface area (Å²) in [6.07, 6.45) is 1.32. The largest absolute Gasteiger partial charge is 0.487 e. The number of benzene rings is 1. The Morgan fingerprint density at radius 1 is 1.24 bits per heavy atom. The molecular formula is C16H16N2O3. The van der Waals surface area contributed by atoms with Crippen LogP contribution >= 0.6 is 0 Å². The smallest absolute Gasteiger partial charge is 0.224 e. The van der Waals surface area contributed by atoms with E-state index in [-0.39, 0.29) is 5.91 Å². The van der Waals surface area contributed by atoms with Gasteiger partial charge in [-0.25, -0.2) is 4.98 Å². The SMILES string of the molecule is COc1cccc(COc2ccc3c(c2)NC(=O)CC3)n1. The Morgan fingerprint density at radius 2 is 2.14 bits per heavy atom. The minimum Gasteiger partial charge on any atom is -0.487 e. The van der Waals surface area contributed by atoms with E-state index < -0.39 is 0 Å². The number of aryl methyl sites for hydroxylation is 1. The summed E-state index contributed by atoms with van der Waals surface area (Å²) in [4.78, 5) is 15.7. The van der Waals surface area contributed by atoms with Gasteiger partial charge in [0.1, 0.15) is 12.4 Å². The number of aromatic nitrogens is 1. The Balaban J connectivity index is 1.70. The molecule has 0 spiro atoms. The van der Waals surface area contributed by atoms with E-state index in [0.29, 0.717) is 24.7 Å². The number of nitrogens with zero attached hydrogens (tertiary/aromatic N) is 1. The number of pyridine rings is 1. The Labute approximate surface area is 122 Å². The second-order valence-electron chi connectivity index (χ2n) is 4.83. The Bertz CT molecular complexity index is 670. The molecule has 0 unspecified atom stereocenters. The molecule has 0 aliphatic carbocycles. The summed E-state index contributed by atoms with van der Waals surface area (Å²) >= 11 is 0. The van der Waals surface area contributed by atoms with Crippen molar-refractivity contribution in [3.05, 3.63) is 47.7 Å². The molecule has 5 nitrogen and oxygen atoms in total. The maximum absolute atomic E-state index is 11.4. The minimum absolute atomic E-state index is 0.0501. The molecule has 2 heterocycles. The van der Waals surface area contributed by atoms with Crippen molar-refractivity contribution >= 4 is 11.6 Å². The molecule has 108 valence electrons. The van der Waals surface area contributed by atoms with E-state index in [1.54, 1.807) is 13.2 Å². The van der Waals surface area contributed by atoms with Crippen molar-refractivity contribution in [3.63, 3.8) is 0 Å². The number of carbonyl (C=O) groups is 1. The van der Waals surface area contributed by atoms with Crippen molar-refractivity contribution in [1.82, 2.24) is 4.98 Å². The van der Waals surface area contributed by atoms with Crippen molar-refractivity contribution in [1.29, 1.82) is 0 Å². The number of hydrogen-bond acceptors (Lipinski definition) is 4. The number of fused-ring (bicyclic) bond motifs is 1. The lowest BCUT2D eigenvalue weighted by atomic mass is 10.0. The summed E-state index contributed by atoms with van der Waals surface area (Å²) in [6, 6.07) is 11.3. The molecule has 2 aromatic rings. The van der Waals surface area contributed by atoms with Crippen LogP contribution in [0.15, 0.2) is 36.4 Å². The van der Waals surface area contributed by atoms with Gasteiger partial charge in [-0.1, -0.05) is 12.1 Å². The van der Waals surface area contributed by atoms with Crippen molar-refractivity contribution < 1.29 is 14.3 Å². The Kier molecular flexibility index (Phi) is 3.73. The molecule has 1 aromatic heterocycles. The molecule has 0 bridgehead atoms. The highest BCUT2D eigenvalue weighted by molar-refractivity contribution is 5.94. The summed E-state index contributed by atoms with van der Waals surface area (Å²) in [6.45, 7) is 0.351. The Morgan fingerprint density at radius 3 is 3.00 bits per heavy atom. The molecule has 3 rings (SSSR count). The summed E-state index contributed by atoms with van der Waals surface area (Å²) in [7, 11) is 1.58. The number of rotatable bonds is 4. The summed E-state index contributed by atoms with van der Waals surface area (Å²) in [5.41, 5.74) is 2.76. The second kappa shape index (κ2) is 5.83. The van der Waals surface area contributed by atoms with Gasteiger partial charge in [-0.05, 0) is 24.1 Å². The van der Waals surface area contributed by atoms with Crippen LogP contribution in [-0.4, -0.2) is 18.0 Å². The van der Waals surface area contributed by atoms with E-state index >= 15 is 0 Å². The predicted molar refractivity (Wildman–Crippen MR) is 78.5 cm³/mol. The van der Waals surface area contributed by atoms with Gasteiger partial charge >= 0.3 is 0 Å². The number of anilines is 1. The van der Waals surface area contributed by atoms with Crippen LogP contribution in [0.25, 0.3) is 0 Å². The van der Waals surface area contributed by atoms with Gasteiger partial charge in [-0.2, -0.15) is 0 Å². The van der Waals surface area contributed by atoms with Gasteiger partial charge in [0.2, 0.25) is 11.8 Å². The molecule has 0 radical (unpaired) electrons. The first-order valence-electron chi connectivity index (χ1n) is 6.80. The van der Waals surface area contributed by atoms with Gasteiger partial charge in [0.25, 0.3) is 0 Å². The number of methoxy groups -OCH3 is 1. The van der Waals surface area contributed by atoms with E-state index in [1.807, 2.05) is 30.3 Å². The molecule has 0 saturated heterocycles. The predicted octanol–water partition coefficient (Wildman–Crippen LogP) is 2.55. The average molecular weight is 284 g/mol. The lowest BCUT2D eigenvalue weighted by Crippen LogP contribution is -2.18. The molecule has 0 atom stereocenters. The third kappa shape index (κ3) is 3.13. The van der Waals surface area contributed by atoms with Gasteiger partial charge in [0.05, 0.1) is 12.8 Å². The number of nitrogens with one attached hydrogen (secondary N) is 1. The van der Waals surface area contributed by atoms with E-state index in [4.69, 9.17) is 9.47 Å². The highest BCUT2D eigenvalue weighted by atomic mass is 16.5. The van der Waals surface area contributed by atoms with E-state index in [9.17, 15) is 4.79 Å². The number of hydrogen-bond donors (Lipinski definition) is 1. The summed E-state index contributed by atoms with van der Waals surface area (Å²) in [5, 5.41) is 2.86. The molecule has 1 N–H and O–H groups in total. The molecule has 1 aliphatic heterocycles. The van der Waals surface area contributed by atoms with Gasteiger partial charge in [0, 0.05) is 24.2 Å². The second-order valence-corrected chi connectivity index (χ2v) is 4.83. The van der Waals surface area contributed by atoms with Crippen LogP contribution < -0.4 is 14.8 Å². The van der Waals surface area contributed by atoms with Crippen LogP contribution in [0.1, 0.15) is 17.7 Å². The highest BCUT2D eigenvalue weighted by Gasteiger charge is 2.15. The number of carbonyl (C=O) groups excluding carboxylic acids is 1. The quantitative estimate of drug-likeness (QED) is 0.937. The molecule has 21 heavy (non-hydrogen) atoms. The van der Waals surface area contributed by atoms with E-state index in [2.05, 4.69) is 10.3 Å². The van der Waals surface area contributed by atoms with Crippen molar-refractivity contribution in [2.45, 2.75) is 19.4 Å². The fourth-order valence-electron chi connectivity index (χ4n) is 2.25. The number of ether oxygens (including phenoxy) is 2. The lowest BCUT2D eigenvalue weighted by molar-refractivity contribution is -0.116. The zero-order chi connectivity index (χ0) is 14.7. The van der Waals surface area contributed by atoms with Crippen molar-refractivity contribution in [2.75, 3.05) is 12.4 Å².